The van der Waals surface area contributed by atoms with Gasteiger partial charge in [-0.3, -0.25) is 0 Å². The zero-order valence-electron chi connectivity index (χ0n) is 41.6. The second-order valence-corrected chi connectivity index (χ2v) is 22.0. The molecule has 2 unspecified atom stereocenters. The maximum absolute atomic E-state index is 14.1. The second kappa shape index (κ2) is 17.9. The number of ketones is 2. The second-order valence-electron chi connectivity index (χ2n) is 21.0. The molecule has 1 saturated carbocycles. The number of pyridine rings is 1. The number of imidazole rings is 1. The van der Waals surface area contributed by atoms with Crippen LogP contribution in [0.1, 0.15) is 61.8 Å². The fourth-order valence-electron chi connectivity index (χ4n) is 11.8. The molecule has 8 aromatic carbocycles. The first-order chi connectivity index (χ1) is 36.0. The Morgan fingerprint density at radius 3 is 1.93 bits per heavy atom. The number of carbonyl (C=O) groups excluding carboxylic acids is 2. The number of para-hydroxylation sites is 3. The number of benzene rings is 8. The standard InChI is InChI=1S/C66H52N4O3.Pt/c1-41-32-63(67-39-57(41)43-26-28-45(29-27-43)66(2,3)4)70-58-23-12-11-22-50(58)51-31-30-49(36-61(51)70)73-48-21-15-20-46(33-48)68-40-69(60-25-14-13-24-59(60)68)65-52(42-16-7-5-8-17-42)37-54-53-34-47(71)35-55(53)62(72)38-56(54)64(65)44-18-9-6-10-19-44;/h5-33,36-37,39,53,55H,34-35,38H2,1-4H3;. The van der Waals surface area contributed by atoms with Crippen LogP contribution in [0, 0.1) is 16.6 Å². The smallest absolute Gasteiger partial charge is 0.0579 e. The average Bonchev–Trinajstić information content (AvgIpc) is 4.07. The van der Waals surface area contributed by atoms with Gasteiger partial charge < -0.3 is 0 Å². The molecule has 0 radical (unpaired) electrons. The number of Topliss-reactive ketones (excluding diaryl/α,β-unsaturated/α-hetero) is 2. The van der Waals surface area contributed by atoms with E-state index in [2.05, 4.69) is 231 Å². The summed E-state index contributed by atoms with van der Waals surface area (Å²) in [7, 11) is 0. The Hall–Kier alpha value is -7.99. The molecule has 0 N–H and O–H groups in total. The van der Waals surface area contributed by atoms with Gasteiger partial charge in [0.05, 0.1) is 0 Å². The molecule has 7 nitrogen and oxygen atoms in total. The molecule has 1 fully saturated rings. The van der Waals surface area contributed by atoms with E-state index >= 15 is 0 Å². The van der Waals surface area contributed by atoms with Crippen molar-refractivity contribution in [3.05, 3.63) is 220 Å². The minimum atomic E-state index is -0.272. The molecule has 8 heteroatoms. The Balaban J connectivity index is 0.931. The van der Waals surface area contributed by atoms with Crippen molar-refractivity contribution < 1.29 is 33.7 Å². The van der Waals surface area contributed by atoms with E-state index in [1.165, 1.54) is 5.56 Å². The third-order valence-electron chi connectivity index (χ3n) is 15.4. The summed E-state index contributed by atoms with van der Waals surface area (Å²) in [5, 5.41) is 2.27. The van der Waals surface area contributed by atoms with Gasteiger partial charge in [0.2, 0.25) is 0 Å². The first-order valence-electron chi connectivity index (χ1n) is 25.4. The first-order valence-corrected chi connectivity index (χ1v) is 26.5. The molecule has 0 saturated heterocycles. The van der Waals surface area contributed by atoms with Crippen molar-refractivity contribution in [2.75, 3.05) is 0 Å². The summed E-state index contributed by atoms with van der Waals surface area (Å²) in [4.78, 5) is 32.3. The summed E-state index contributed by atoms with van der Waals surface area (Å²) < 4.78 is 14.7. The molecule has 0 bridgehead atoms. The van der Waals surface area contributed by atoms with Crippen LogP contribution in [-0.2, 0) is 40.8 Å². The molecular weight excluding hydrogens is 1090 g/mol. The molecule has 3 aromatic heterocycles. The van der Waals surface area contributed by atoms with Gasteiger partial charge in [-0.2, -0.15) is 0 Å². The Morgan fingerprint density at radius 1 is 0.568 bits per heavy atom. The van der Waals surface area contributed by atoms with Gasteiger partial charge in [0.25, 0.3) is 0 Å². The summed E-state index contributed by atoms with van der Waals surface area (Å²) in [5.74, 6) is 2.17. The molecule has 74 heavy (non-hydrogen) atoms. The van der Waals surface area contributed by atoms with Crippen LogP contribution in [0.3, 0.4) is 0 Å². The number of fused-ring (bicyclic) bond motifs is 7. The zero-order chi connectivity index (χ0) is 50.4. The average molecular weight is 1140 g/mol. The fourth-order valence-corrected chi connectivity index (χ4v) is 12.9. The summed E-state index contributed by atoms with van der Waals surface area (Å²) >= 11 is 2.47. The number of hydrogen-bond acceptors (Lipinski definition) is 4. The monoisotopic (exact) mass is 1140 g/mol. The number of carbonyl (C=O) groups is 2. The molecular formula is C66H52N4O3Pt. The number of aryl methyl sites for hydroxylation is 1. The number of aromatic nitrogens is 4. The molecule has 11 aromatic rings. The summed E-state index contributed by atoms with van der Waals surface area (Å²) in [6, 6.07) is 66.0. The predicted molar refractivity (Wildman–Crippen MR) is 293 cm³/mol. The summed E-state index contributed by atoms with van der Waals surface area (Å²) in [6.07, 6.45) is 3.01. The third kappa shape index (κ3) is 7.67. The van der Waals surface area contributed by atoms with E-state index in [1.807, 2.05) is 24.4 Å². The Kier molecular flexibility index (Phi) is 11.1. The van der Waals surface area contributed by atoms with Gasteiger partial charge in [-0.1, -0.05) is 57.2 Å². The van der Waals surface area contributed by atoms with Gasteiger partial charge in [0.1, 0.15) is 0 Å². The molecule has 0 amide bonds. The van der Waals surface area contributed by atoms with E-state index in [-0.39, 0.29) is 35.2 Å². The first kappa shape index (κ1) is 45.8. The van der Waals surface area contributed by atoms with Crippen LogP contribution < -0.4 is 4.74 Å². The molecule has 13 rings (SSSR count). The quantitative estimate of drug-likeness (QED) is 0.152. The van der Waals surface area contributed by atoms with E-state index in [0.29, 0.717) is 24.3 Å². The van der Waals surface area contributed by atoms with Gasteiger partial charge in [0.15, 0.2) is 0 Å². The van der Waals surface area contributed by atoms with Gasteiger partial charge in [-0.15, -0.1) is 0 Å². The van der Waals surface area contributed by atoms with Gasteiger partial charge in [-0.05, 0) is 29.0 Å². The third-order valence-corrected chi connectivity index (χ3v) is 16.4. The van der Waals surface area contributed by atoms with Crippen molar-refractivity contribution >= 4 is 44.4 Å². The maximum atomic E-state index is 14.1. The molecule has 2 atom stereocenters. The zero-order valence-corrected chi connectivity index (χ0v) is 43.9. The molecule has 364 valence electrons. The van der Waals surface area contributed by atoms with Crippen LogP contribution in [0.4, 0.5) is 0 Å². The van der Waals surface area contributed by atoms with Crippen molar-refractivity contribution in [3.63, 3.8) is 0 Å². The summed E-state index contributed by atoms with van der Waals surface area (Å²) in [5.41, 5.74) is 17.2. The van der Waals surface area contributed by atoms with Crippen LogP contribution in [0.25, 0.3) is 83.4 Å². The number of rotatable bonds is 8. The van der Waals surface area contributed by atoms with E-state index in [9.17, 15) is 9.59 Å². The van der Waals surface area contributed by atoms with Crippen LogP contribution in [0.2, 0.25) is 0 Å². The minimum absolute atomic E-state index is 0.0810. The topological polar surface area (TPSA) is 71.1 Å². The van der Waals surface area contributed by atoms with Crippen LogP contribution in [0.15, 0.2) is 194 Å². The van der Waals surface area contributed by atoms with Gasteiger partial charge in [0, 0.05) is 11.8 Å². The van der Waals surface area contributed by atoms with Crippen LogP contribution in [-0.4, -0.2) is 30.3 Å². The van der Waals surface area contributed by atoms with Crippen molar-refractivity contribution in [3.8, 4) is 62.1 Å². The van der Waals surface area contributed by atoms with Crippen LogP contribution in [0.5, 0.6) is 11.5 Å². The number of nitrogens with zero attached hydrogens (tertiary/aromatic N) is 4. The van der Waals surface area contributed by atoms with E-state index in [4.69, 9.17) is 9.72 Å². The number of hydrogen-bond donors (Lipinski definition) is 0. The SMILES string of the molecule is Cc1cc(-n2c3ccccc3c3ccc(Oc4cccc(-n5[c](=[Pt])n(-c6c(-c7ccccc7)cc7c(c6-c6ccccc6)CC(=O)C6CC(=O)CC76)c6ccccc65)c4)cc32)ncc1-c1ccc(C(C)(C)C)cc1. The minimum Gasteiger partial charge on any atom is -0.0579 e. The molecule has 2 aliphatic rings. The Bertz CT molecular complexity index is 4140. The normalized spacial score (nSPS) is 15.5. The van der Waals surface area contributed by atoms with Crippen molar-refractivity contribution in [1.82, 2.24) is 18.7 Å². The predicted octanol–water partition coefficient (Wildman–Crippen LogP) is 15.6. The fraction of sp³-hybridized carbons (Fsp3) is 0.152. The van der Waals surface area contributed by atoms with E-state index in [1.54, 1.807) is 0 Å². The van der Waals surface area contributed by atoms with Crippen molar-refractivity contribution in [1.29, 1.82) is 0 Å². The Morgan fingerprint density at radius 2 is 1.20 bits per heavy atom. The van der Waals surface area contributed by atoms with E-state index < -0.39 is 0 Å². The molecule has 2 aliphatic carbocycles. The summed E-state index contributed by atoms with van der Waals surface area (Å²) in [6.45, 7) is 8.89. The van der Waals surface area contributed by atoms with Gasteiger partial charge in [-0.25, -0.2) is 0 Å². The molecule has 3 heterocycles. The number of ether oxygens (including phenoxy) is 1. The molecule has 0 aliphatic heterocycles. The van der Waals surface area contributed by atoms with Crippen molar-refractivity contribution in [2.45, 2.75) is 58.3 Å². The van der Waals surface area contributed by atoms with E-state index in [0.717, 1.165) is 104 Å². The Labute approximate surface area is 440 Å². The molecule has 0 spiro atoms. The van der Waals surface area contributed by atoms with Gasteiger partial charge >= 0.3 is 345 Å². The van der Waals surface area contributed by atoms with Crippen LogP contribution >= 0.6 is 0 Å². The van der Waals surface area contributed by atoms with Crippen molar-refractivity contribution in [2.24, 2.45) is 5.92 Å².